The van der Waals surface area contributed by atoms with Gasteiger partial charge in [-0.3, -0.25) is 4.79 Å². The van der Waals surface area contributed by atoms with Crippen LogP contribution in [0.2, 0.25) is 0 Å². The molecular weight excluding hydrogens is 426 g/mol. The molecule has 0 fully saturated rings. The number of benzene rings is 2. The minimum atomic E-state index is -0.331. The summed E-state index contributed by atoms with van der Waals surface area (Å²) < 4.78 is 1.32. The molecule has 0 saturated carbocycles. The highest BCUT2D eigenvalue weighted by molar-refractivity contribution is 9.11. The van der Waals surface area contributed by atoms with Crippen molar-refractivity contribution >= 4 is 54.9 Å². The average Bonchev–Trinajstić information content (AvgIpc) is 3.00. The molecule has 7 heteroatoms. The van der Waals surface area contributed by atoms with E-state index in [9.17, 15) is 9.90 Å². The van der Waals surface area contributed by atoms with Crippen LogP contribution in [0.15, 0.2) is 56.6 Å². The number of carbonyl (C=O) groups is 1. The summed E-state index contributed by atoms with van der Waals surface area (Å²) in [6.45, 7) is 0. The number of hydrogen-bond donors (Lipinski definition) is 3. The smallest absolute Gasteiger partial charge is 0.273 e. The van der Waals surface area contributed by atoms with Crippen molar-refractivity contribution in [2.24, 2.45) is 5.10 Å². The predicted molar refractivity (Wildman–Crippen MR) is 96.9 cm³/mol. The standard InChI is InChI=1S/C16H11Br2N3O2/c17-11-6-10(15(22)13(18)7-11)8-20-21-16(23)12-3-1-2-9-4-5-19-14(9)12/h1-8,19,22H,(H,21,23)/b20-8+. The van der Waals surface area contributed by atoms with Gasteiger partial charge in [0.05, 0.1) is 21.8 Å². The first kappa shape index (κ1) is 15.8. The molecule has 5 nitrogen and oxygen atoms in total. The number of H-pyrrole nitrogens is 1. The summed E-state index contributed by atoms with van der Waals surface area (Å²) in [5.41, 5.74) is 4.20. The van der Waals surface area contributed by atoms with E-state index < -0.39 is 0 Å². The van der Waals surface area contributed by atoms with Crippen LogP contribution in [-0.2, 0) is 0 Å². The summed E-state index contributed by atoms with van der Waals surface area (Å²) in [6.07, 6.45) is 3.17. The lowest BCUT2D eigenvalue weighted by molar-refractivity contribution is 0.0956. The number of halogens is 2. The number of aromatic amines is 1. The van der Waals surface area contributed by atoms with E-state index in [1.54, 1.807) is 24.4 Å². The first-order valence-electron chi connectivity index (χ1n) is 6.64. The number of hydrazone groups is 1. The van der Waals surface area contributed by atoms with Gasteiger partial charge in [0.2, 0.25) is 0 Å². The molecule has 0 atom stereocenters. The van der Waals surface area contributed by atoms with Gasteiger partial charge in [0.25, 0.3) is 5.91 Å². The maximum atomic E-state index is 12.2. The molecule has 0 spiro atoms. The number of aromatic hydroxyl groups is 1. The SMILES string of the molecule is O=C(N/N=C/c1cc(Br)cc(Br)c1O)c1cccc2cc[nH]c12. The molecule has 1 amide bonds. The van der Waals surface area contributed by atoms with Crippen LogP contribution in [0, 0.1) is 0 Å². The average molecular weight is 437 g/mol. The lowest BCUT2D eigenvalue weighted by Gasteiger charge is -2.04. The van der Waals surface area contributed by atoms with E-state index in [-0.39, 0.29) is 11.7 Å². The minimum absolute atomic E-state index is 0.0534. The van der Waals surface area contributed by atoms with Crippen molar-refractivity contribution in [3.63, 3.8) is 0 Å². The van der Waals surface area contributed by atoms with Crippen LogP contribution >= 0.6 is 31.9 Å². The summed E-state index contributed by atoms with van der Waals surface area (Å²) >= 11 is 6.58. The number of carbonyl (C=O) groups excluding carboxylic acids is 1. The van der Waals surface area contributed by atoms with Crippen molar-refractivity contribution in [3.8, 4) is 5.75 Å². The highest BCUT2D eigenvalue weighted by atomic mass is 79.9. The van der Waals surface area contributed by atoms with Gasteiger partial charge in [-0.2, -0.15) is 5.10 Å². The maximum absolute atomic E-state index is 12.2. The van der Waals surface area contributed by atoms with E-state index >= 15 is 0 Å². The Labute approximate surface area is 148 Å². The number of nitrogens with zero attached hydrogens (tertiary/aromatic N) is 1. The van der Waals surface area contributed by atoms with Gasteiger partial charge < -0.3 is 10.1 Å². The highest BCUT2D eigenvalue weighted by Gasteiger charge is 2.10. The molecule has 3 N–H and O–H groups in total. The molecule has 23 heavy (non-hydrogen) atoms. The van der Waals surface area contributed by atoms with Crippen LogP contribution in [0.3, 0.4) is 0 Å². The van der Waals surface area contributed by atoms with E-state index in [4.69, 9.17) is 0 Å². The normalized spacial score (nSPS) is 11.2. The molecule has 116 valence electrons. The first-order valence-corrected chi connectivity index (χ1v) is 8.22. The minimum Gasteiger partial charge on any atom is -0.506 e. The van der Waals surface area contributed by atoms with Crippen LogP contribution in [0.5, 0.6) is 5.75 Å². The largest absolute Gasteiger partial charge is 0.506 e. The molecule has 0 unspecified atom stereocenters. The lowest BCUT2D eigenvalue weighted by Crippen LogP contribution is -2.18. The van der Waals surface area contributed by atoms with Crippen molar-refractivity contribution in [1.82, 2.24) is 10.4 Å². The second-order valence-corrected chi connectivity index (χ2v) is 6.54. The number of phenols is 1. The number of fused-ring (bicyclic) bond motifs is 1. The van der Waals surface area contributed by atoms with Gasteiger partial charge in [0.15, 0.2) is 0 Å². The van der Waals surface area contributed by atoms with Gasteiger partial charge >= 0.3 is 0 Å². The summed E-state index contributed by atoms with van der Waals surface area (Å²) in [5.74, 6) is -0.277. The maximum Gasteiger partial charge on any atom is 0.273 e. The first-order chi connectivity index (χ1) is 11.1. The van der Waals surface area contributed by atoms with Crippen LogP contribution in [0.25, 0.3) is 10.9 Å². The predicted octanol–water partition coefficient (Wildman–Crippen LogP) is 4.16. The highest BCUT2D eigenvalue weighted by Crippen LogP contribution is 2.30. The fraction of sp³-hybridized carbons (Fsp3) is 0. The number of amides is 1. The zero-order valence-corrected chi connectivity index (χ0v) is 14.8. The Bertz CT molecular complexity index is 919. The molecule has 3 aromatic rings. The van der Waals surface area contributed by atoms with Crippen molar-refractivity contribution in [2.75, 3.05) is 0 Å². The fourth-order valence-electron chi connectivity index (χ4n) is 2.18. The zero-order chi connectivity index (χ0) is 16.4. The third-order valence-corrected chi connectivity index (χ3v) is 4.32. The topological polar surface area (TPSA) is 77.5 Å². The quantitative estimate of drug-likeness (QED) is 0.425. The van der Waals surface area contributed by atoms with Gasteiger partial charge in [0, 0.05) is 21.6 Å². The molecule has 0 aliphatic carbocycles. The Hall–Kier alpha value is -2.12. The Morgan fingerprint density at radius 2 is 2.09 bits per heavy atom. The number of rotatable bonds is 3. The second-order valence-electron chi connectivity index (χ2n) is 4.77. The Morgan fingerprint density at radius 3 is 2.91 bits per heavy atom. The molecule has 0 radical (unpaired) electrons. The van der Waals surface area contributed by atoms with E-state index in [0.717, 1.165) is 15.4 Å². The second kappa shape index (κ2) is 6.55. The monoisotopic (exact) mass is 435 g/mol. The van der Waals surface area contributed by atoms with Gasteiger partial charge in [0.1, 0.15) is 5.75 Å². The fourth-order valence-corrected chi connectivity index (χ4v) is 3.44. The third kappa shape index (κ3) is 3.30. The third-order valence-electron chi connectivity index (χ3n) is 3.26. The molecule has 0 saturated heterocycles. The van der Waals surface area contributed by atoms with Crippen molar-refractivity contribution in [1.29, 1.82) is 0 Å². The number of aromatic nitrogens is 1. The molecule has 0 aliphatic rings. The van der Waals surface area contributed by atoms with Gasteiger partial charge in [-0.25, -0.2) is 5.43 Å². The summed E-state index contributed by atoms with van der Waals surface area (Å²) in [5, 5.41) is 14.8. The molecule has 1 aromatic heterocycles. The van der Waals surface area contributed by atoms with E-state index in [2.05, 4.69) is 47.4 Å². The zero-order valence-electron chi connectivity index (χ0n) is 11.7. The van der Waals surface area contributed by atoms with E-state index in [1.807, 2.05) is 18.2 Å². The molecule has 0 bridgehead atoms. The lowest BCUT2D eigenvalue weighted by atomic mass is 10.1. The van der Waals surface area contributed by atoms with Gasteiger partial charge in [-0.05, 0) is 40.2 Å². The van der Waals surface area contributed by atoms with Gasteiger partial charge in [-0.15, -0.1) is 0 Å². The molecule has 3 rings (SSSR count). The van der Waals surface area contributed by atoms with Crippen LogP contribution < -0.4 is 5.43 Å². The van der Waals surface area contributed by atoms with Crippen molar-refractivity contribution in [2.45, 2.75) is 0 Å². The molecular formula is C16H11Br2N3O2. The Balaban J connectivity index is 1.81. The molecule has 2 aromatic carbocycles. The summed E-state index contributed by atoms with van der Waals surface area (Å²) in [7, 11) is 0. The van der Waals surface area contributed by atoms with Crippen molar-refractivity contribution in [3.05, 3.63) is 62.7 Å². The van der Waals surface area contributed by atoms with E-state index in [0.29, 0.717) is 15.6 Å². The van der Waals surface area contributed by atoms with E-state index in [1.165, 1.54) is 6.21 Å². The Morgan fingerprint density at radius 1 is 1.26 bits per heavy atom. The van der Waals surface area contributed by atoms with Crippen LogP contribution in [0.4, 0.5) is 0 Å². The number of para-hydroxylation sites is 1. The number of phenolic OH excluding ortho intramolecular Hbond substituents is 1. The Kier molecular flexibility index (Phi) is 4.49. The van der Waals surface area contributed by atoms with Crippen molar-refractivity contribution < 1.29 is 9.90 Å². The number of nitrogens with one attached hydrogen (secondary N) is 2. The summed E-state index contributed by atoms with van der Waals surface area (Å²) in [4.78, 5) is 15.3. The molecule has 1 heterocycles. The van der Waals surface area contributed by atoms with Crippen LogP contribution in [0.1, 0.15) is 15.9 Å². The van der Waals surface area contributed by atoms with Crippen LogP contribution in [-0.4, -0.2) is 22.2 Å². The molecule has 0 aliphatic heterocycles. The summed E-state index contributed by atoms with van der Waals surface area (Å²) in [6, 6.07) is 10.8. The van der Waals surface area contributed by atoms with Gasteiger partial charge in [-0.1, -0.05) is 28.1 Å². The number of hydrogen-bond acceptors (Lipinski definition) is 3.